The van der Waals surface area contributed by atoms with Crippen molar-refractivity contribution in [1.29, 1.82) is 0 Å². The van der Waals surface area contributed by atoms with Gasteiger partial charge in [-0.3, -0.25) is 4.79 Å². The molecule has 0 fully saturated rings. The molecule has 0 saturated heterocycles. The van der Waals surface area contributed by atoms with Gasteiger partial charge in [-0.1, -0.05) is 6.07 Å². The maximum atomic E-state index is 12.4. The third-order valence-electron chi connectivity index (χ3n) is 2.97. The minimum Gasteiger partial charge on any atom is -0.508 e. The van der Waals surface area contributed by atoms with Crippen LogP contribution in [0.1, 0.15) is 0 Å². The highest BCUT2D eigenvalue weighted by atomic mass is 16.3. The largest absolute Gasteiger partial charge is 0.508 e. The Morgan fingerprint density at radius 3 is 2.45 bits per heavy atom. The van der Waals surface area contributed by atoms with Crippen molar-refractivity contribution in [2.45, 2.75) is 0 Å². The monoisotopic (exact) mass is 270 g/mol. The molecule has 0 aliphatic carbocycles. The Balaban J connectivity index is 2.42. The lowest BCUT2D eigenvalue weighted by Gasteiger charge is -2.07. The first-order valence-electron chi connectivity index (χ1n) is 5.84. The Hall–Kier alpha value is -3.02. The summed E-state index contributed by atoms with van der Waals surface area (Å²) in [5.74, 6) is -0.117. The standard InChI is InChI=1S/C14H10N2O4/c17-9-3-1-2-8(6-9)16-13(19)11-7-10(18)4-5-12(11)15-14(16)20/h1-7,17-18H,(H,15,20). The average Bonchev–Trinajstić information content (AvgIpc) is 2.40. The summed E-state index contributed by atoms with van der Waals surface area (Å²) in [5, 5.41) is 19.1. The fourth-order valence-corrected chi connectivity index (χ4v) is 2.07. The Labute approximate surface area is 112 Å². The summed E-state index contributed by atoms with van der Waals surface area (Å²) in [6, 6.07) is 9.94. The molecule has 0 amide bonds. The molecule has 0 aliphatic heterocycles. The molecule has 0 unspecified atom stereocenters. The minimum atomic E-state index is -0.612. The molecule has 3 aromatic rings. The van der Waals surface area contributed by atoms with Gasteiger partial charge in [0.05, 0.1) is 16.6 Å². The van der Waals surface area contributed by atoms with Crippen molar-refractivity contribution in [3.05, 3.63) is 63.3 Å². The second-order valence-electron chi connectivity index (χ2n) is 4.32. The number of aromatic nitrogens is 2. The van der Waals surface area contributed by atoms with Crippen LogP contribution in [0.2, 0.25) is 0 Å². The lowest BCUT2D eigenvalue weighted by atomic mass is 10.2. The number of nitrogens with zero attached hydrogens (tertiary/aromatic N) is 1. The minimum absolute atomic E-state index is 0.0511. The normalized spacial score (nSPS) is 10.8. The van der Waals surface area contributed by atoms with E-state index in [1.165, 1.54) is 42.5 Å². The fraction of sp³-hybridized carbons (Fsp3) is 0. The highest BCUT2D eigenvalue weighted by Gasteiger charge is 2.10. The zero-order valence-electron chi connectivity index (χ0n) is 10.2. The van der Waals surface area contributed by atoms with Crippen LogP contribution in [0.5, 0.6) is 11.5 Å². The van der Waals surface area contributed by atoms with E-state index in [0.29, 0.717) is 5.52 Å². The highest BCUT2D eigenvalue weighted by Crippen LogP contribution is 2.16. The summed E-state index contributed by atoms with van der Waals surface area (Å²) >= 11 is 0. The molecule has 2 aromatic carbocycles. The second kappa shape index (κ2) is 4.27. The molecule has 0 spiro atoms. The summed E-state index contributed by atoms with van der Waals surface area (Å²) in [6.45, 7) is 0. The van der Waals surface area contributed by atoms with Crippen LogP contribution in [-0.2, 0) is 0 Å². The summed E-state index contributed by atoms with van der Waals surface area (Å²) in [6.07, 6.45) is 0. The molecule has 0 bridgehead atoms. The summed E-state index contributed by atoms with van der Waals surface area (Å²) in [4.78, 5) is 26.9. The van der Waals surface area contributed by atoms with Crippen molar-refractivity contribution in [2.24, 2.45) is 0 Å². The van der Waals surface area contributed by atoms with Gasteiger partial charge in [-0.05, 0) is 30.3 Å². The maximum Gasteiger partial charge on any atom is 0.333 e. The Bertz CT molecular complexity index is 924. The van der Waals surface area contributed by atoms with Gasteiger partial charge < -0.3 is 15.2 Å². The summed E-state index contributed by atoms with van der Waals surface area (Å²) < 4.78 is 0.904. The number of hydrogen-bond acceptors (Lipinski definition) is 4. The van der Waals surface area contributed by atoms with E-state index in [2.05, 4.69) is 4.98 Å². The van der Waals surface area contributed by atoms with Crippen molar-refractivity contribution >= 4 is 10.9 Å². The first-order valence-corrected chi connectivity index (χ1v) is 5.84. The number of aromatic hydroxyl groups is 2. The number of benzene rings is 2. The third-order valence-corrected chi connectivity index (χ3v) is 2.97. The van der Waals surface area contributed by atoms with Crippen molar-refractivity contribution < 1.29 is 10.2 Å². The van der Waals surface area contributed by atoms with E-state index < -0.39 is 11.2 Å². The number of aromatic amines is 1. The van der Waals surface area contributed by atoms with Crippen LogP contribution in [0.4, 0.5) is 0 Å². The molecule has 0 aliphatic rings. The number of phenolic OH excluding ortho intramolecular Hbond substituents is 2. The van der Waals surface area contributed by atoms with Gasteiger partial charge in [0, 0.05) is 6.07 Å². The van der Waals surface area contributed by atoms with Crippen LogP contribution in [0.15, 0.2) is 52.1 Å². The molecule has 6 heteroatoms. The zero-order valence-corrected chi connectivity index (χ0v) is 10.2. The molecule has 0 saturated carbocycles. The van der Waals surface area contributed by atoms with Crippen molar-refractivity contribution in [3.8, 4) is 17.2 Å². The van der Waals surface area contributed by atoms with Gasteiger partial charge >= 0.3 is 5.69 Å². The summed E-state index contributed by atoms with van der Waals surface area (Å²) in [5.41, 5.74) is -0.584. The van der Waals surface area contributed by atoms with E-state index in [0.717, 1.165) is 4.57 Å². The molecular formula is C14H10N2O4. The van der Waals surface area contributed by atoms with E-state index in [4.69, 9.17) is 0 Å². The van der Waals surface area contributed by atoms with E-state index in [9.17, 15) is 19.8 Å². The number of nitrogens with one attached hydrogen (secondary N) is 1. The number of phenols is 2. The van der Waals surface area contributed by atoms with E-state index in [1.807, 2.05) is 0 Å². The number of H-pyrrole nitrogens is 1. The van der Waals surface area contributed by atoms with Gasteiger partial charge in [0.2, 0.25) is 0 Å². The van der Waals surface area contributed by atoms with E-state index >= 15 is 0 Å². The lowest BCUT2D eigenvalue weighted by molar-refractivity contribution is 0.474. The van der Waals surface area contributed by atoms with Gasteiger partial charge in [0.15, 0.2) is 0 Å². The number of hydrogen-bond donors (Lipinski definition) is 3. The lowest BCUT2D eigenvalue weighted by Crippen LogP contribution is -2.33. The molecular weight excluding hydrogens is 260 g/mol. The quantitative estimate of drug-likeness (QED) is 0.616. The molecule has 3 rings (SSSR count). The zero-order chi connectivity index (χ0) is 14.3. The molecule has 6 nitrogen and oxygen atoms in total. The Morgan fingerprint density at radius 2 is 1.70 bits per heavy atom. The smallest absolute Gasteiger partial charge is 0.333 e. The van der Waals surface area contributed by atoms with Gasteiger partial charge in [0.1, 0.15) is 11.5 Å². The number of fused-ring (bicyclic) bond motifs is 1. The third kappa shape index (κ3) is 1.83. The summed E-state index contributed by atoms with van der Waals surface area (Å²) in [7, 11) is 0. The van der Waals surface area contributed by atoms with E-state index in [-0.39, 0.29) is 22.6 Å². The van der Waals surface area contributed by atoms with Gasteiger partial charge in [-0.15, -0.1) is 0 Å². The molecule has 20 heavy (non-hydrogen) atoms. The highest BCUT2D eigenvalue weighted by molar-refractivity contribution is 5.79. The molecule has 1 heterocycles. The molecule has 100 valence electrons. The predicted octanol–water partition coefficient (Wildman–Crippen LogP) is 1.09. The Morgan fingerprint density at radius 1 is 0.950 bits per heavy atom. The first-order chi connectivity index (χ1) is 9.56. The molecule has 3 N–H and O–H groups in total. The topological polar surface area (TPSA) is 95.3 Å². The average molecular weight is 270 g/mol. The maximum absolute atomic E-state index is 12.4. The SMILES string of the molecule is O=c1[nH]c2ccc(O)cc2c(=O)n1-c1cccc(O)c1. The molecule has 0 radical (unpaired) electrons. The first kappa shape index (κ1) is 12.0. The van der Waals surface area contributed by atoms with Crippen LogP contribution in [0.25, 0.3) is 16.6 Å². The van der Waals surface area contributed by atoms with Crippen LogP contribution in [-0.4, -0.2) is 19.8 Å². The van der Waals surface area contributed by atoms with E-state index in [1.54, 1.807) is 0 Å². The van der Waals surface area contributed by atoms with Crippen molar-refractivity contribution in [3.63, 3.8) is 0 Å². The van der Waals surface area contributed by atoms with Gasteiger partial charge in [0.25, 0.3) is 5.56 Å². The van der Waals surface area contributed by atoms with Crippen molar-refractivity contribution in [1.82, 2.24) is 9.55 Å². The Kier molecular flexibility index (Phi) is 2.57. The van der Waals surface area contributed by atoms with Gasteiger partial charge in [-0.25, -0.2) is 9.36 Å². The fourth-order valence-electron chi connectivity index (χ4n) is 2.07. The van der Waals surface area contributed by atoms with Crippen LogP contribution in [0.3, 0.4) is 0 Å². The van der Waals surface area contributed by atoms with Crippen LogP contribution < -0.4 is 11.2 Å². The second-order valence-corrected chi connectivity index (χ2v) is 4.32. The van der Waals surface area contributed by atoms with Crippen LogP contribution >= 0.6 is 0 Å². The number of rotatable bonds is 1. The van der Waals surface area contributed by atoms with Crippen molar-refractivity contribution in [2.75, 3.05) is 0 Å². The molecule has 1 aromatic heterocycles. The van der Waals surface area contributed by atoms with Crippen LogP contribution in [0, 0.1) is 0 Å². The molecule has 0 atom stereocenters. The predicted molar refractivity (Wildman–Crippen MR) is 73.5 cm³/mol. The van der Waals surface area contributed by atoms with Gasteiger partial charge in [-0.2, -0.15) is 0 Å².